The van der Waals surface area contributed by atoms with E-state index in [1.54, 1.807) is 0 Å². The van der Waals surface area contributed by atoms with Gasteiger partial charge in [-0.15, -0.1) is 0 Å². The maximum atomic E-state index is 12.0. The van der Waals surface area contributed by atoms with Gasteiger partial charge in [0.2, 0.25) is 5.78 Å². The molecule has 0 spiro atoms. The van der Waals surface area contributed by atoms with E-state index in [2.05, 4.69) is 9.53 Å². The molecule has 0 saturated carbocycles. The number of ether oxygens (including phenoxy) is 1. The number of nitrogens with zero attached hydrogens (tertiary/aromatic N) is 2. The van der Waals surface area contributed by atoms with Crippen molar-refractivity contribution in [3.05, 3.63) is 5.53 Å². The highest BCUT2D eigenvalue weighted by Gasteiger charge is 2.41. The van der Waals surface area contributed by atoms with E-state index in [1.807, 2.05) is 0 Å². The van der Waals surface area contributed by atoms with Crippen LogP contribution in [-0.4, -0.2) is 48.0 Å². The summed E-state index contributed by atoms with van der Waals surface area (Å²) in [5.74, 6) is -4.16. The standard InChI is InChI=1S/C9H10F3N3O4/c1-19-7(17)6(3-2-5(16)4-14-13)15-8(18)9(10,11)12/h4,6H,2-3H2,1H3,(H,15,18)/t6-/m0/s1. The van der Waals surface area contributed by atoms with Crippen LogP contribution in [0.5, 0.6) is 0 Å². The Balaban J connectivity index is 4.66. The first-order valence-corrected chi connectivity index (χ1v) is 4.88. The highest BCUT2D eigenvalue weighted by molar-refractivity contribution is 6.25. The number of ketones is 1. The number of amides is 1. The number of nitrogens with one attached hydrogen (secondary N) is 1. The molecule has 19 heavy (non-hydrogen) atoms. The molecule has 7 nitrogen and oxygen atoms in total. The van der Waals surface area contributed by atoms with E-state index in [9.17, 15) is 27.6 Å². The molecule has 0 aromatic rings. The third-order valence-electron chi connectivity index (χ3n) is 1.93. The molecule has 0 aromatic heterocycles. The van der Waals surface area contributed by atoms with Gasteiger partial charge < -0.3 is 15.6 Å². The van der Waals surface area contributed by atoms with E-state index in [0.29, 0.717) is 6.21 Å². The minimum atomic E-state index is -5.15. The summed E-state index contributed by atoms with van der Waals surface area (Å²) in [6.07, 6.45) is -5.44. The monoisotopic (exact) mass is 281 g/mol. The summed E-state index contributed by atoms with van der Waals surface area (Å²) in [6.45, 7) is 0. The summed E-state index contributed by atoms with van der Waals surface area (Å²) >= 11 is 0. The van der Waals surface area contributed by atoms with Crippen molar-refractivity contribution in [1.82, 2.24) is 5.32 Å². The minimum absolute atomic E-state index is 0.401. The lowest BCUT2D eigenvalue weighted by Crippen LogP contribution is -2.47. The van der Waals surface area contributed by atoms with Gasteiger partial charge in [0.15, 0.2) is 0 Å². The van der Waals surface area contributed by atoms with Gasteiger partial charge in [-0.3, -0.25) is 9.59 Å². The zero-order chi connectivity index (χ0) is 15.1. The summed E-state index contributed by atoms with van der Waals surface area (Å²) < 4.78 is 40.2. The zero-order valence-electron chi connectivity index (χ0n) is 9.73. The smallest absolute Gasteiger partial charge is 0.467 e. The lowest BCUT2D eigenvalue weighted by Gasteiger charge is -2.16. The number of hydrogen-bond acceptors (Lipinski definition) is 4. The van der Waals surface area contributed by atoms with Gasteiger partial charge in [0.1, 0.15) is 6.04 Å². The molecule has 0 fully saturated rings. The highest BCUT2D eigenvalue weighted by Crippen LogP contribution is 2.15. The molecule has 0 aromatic carbocycles. The quantitative estimate of drug-likeness (QED) is 0.316. The highest BCUT2D eigenvalue weighted by atomic mass is 19.4. The fourth-order valence-corrected chi connectivity index (χ4v) is 1.05. The van der Waals surface area contributed by atoms with Gasteiger partial charge in [0.05, 0.1) is 7.11 Å². The van der Waals surface area contributed by atoms with Crippen molar-refractivity contribution < 1.29 is 37.1 Å². The average molecular weight is 281 g/mol. The number of halogens is 3. The van der Waals surface area contributed by atoms with Crippen LogP contribution in [0.2, 0.25) is 0 Å². The van der Waals surface area contributed by atoms with Crippen LogP contribution in [-0.2, 0) is 19.1 Å². The van der Waals surface area contributed by atoms with Crippen molar-refractivity contribution in [2.75, 3.05) is 7.11 Å². The molecule has 0 bridgehead atoms. The van der Waals surface area contributed by atoms with E-state index in [-0.39, 0.29) is 0 Å². The van der Waals surface area contributed by atoms with Crippen LogP contribution in [0.1, 0.15) is 12.8 Å². The largest absolute Gasteiger partial charge is 0.471 e. The van der Waals surface area contributed by atoms with E-state index < -0.39 is 42.7 Å². The third kappa shape index (κ3) is 6.32. The lowest BCUT2D eigenvalue weighted by molar-refractivity contribution is -0.175. The van der Waals surface area contributed by atoms with Crippen LogP contribution >= 0.6 is 0 Å². The molecule has 0 saturated heterocycles. The Hall–Kier alpha value is -2.22. The van der Waals surface area contributed by atoms with E-state index in [4.69, 9.17) is 5.53 Å². The Morgan fingerprint density at radius 1 is 1.42 bits per heavy atom. The molecule has 0 radical (unpaired) electrons. The van der Waals surface area contributed by atoms with E-state index in [1.165, 1.54) is 5.32 Å². The average Bonchev–Trinajstić information content (AvgIpc) is 2.32. The second-order valence-corrected chi connectivity index (χ2v) is 3.30. The molecule has 0 aliphatic carbocycles. The topological polar surface area (TPSA) is 109 Å². The fraction of sp³-hybridized carbons (Fsp3) is 0.556. The molecule has 106 valence electrons. The normalized spacial score (nSPS) is 12.0. The van der Waals surface area contributed by atoms with Crippen molar-refractivity contribution >= 4 is 23.9 Å². The third-order valence-corrected chi connectivity index (χ3v) is 1.93. The van der Waals surface area contributed by atoms with Gasteiger partial charge in [-0.2, -0.15) is 18.0 Å². The predicted molar refractivity (Wildman–Crippen MR) is 53.9 cm³/mol. The Morgan fingerprint density at radius 2 is 2.00 bits per heavy atom. The first-order valence-electron chi connectivity index (χ1n) is 4.88. The fourth-order valence-electron chi connectivity index (χ4n) is 1.05. The van der Waals surface area contributed by atoms with Crippen molar-refractivity contribution in [1.29, 1.82) is 0 Å². The summed E-state index contributed by atoms with van der Waals surface area (Å²) in [5, 5.41) is 1.41. The number of alkyl halides is 3. The Bertz CT molecular complexity index is 415. The van der Waals surface area contributed by atoms with E-state index >= 15 is 0 Å². The second kappa shape index (κ2) is 7.27. The van der Waals surface area contributed by atoms with Gasteiger partial charge in [-0.1, -0.05) is 0 Å². The summed E-state index contributed by atoms with van der Waals surface area (Å²) in [4.78, 5) is 35.2. The van der Waals surface area contributed by atoms with Crippen molar-refractivity contribution in [2.45, 2.75) is 25.1 Å². The first kappa shape index (κ1) is 16.8. The number of methoxy groups -OCH3 is 1. The molecule has 1 amide bonds. The van der Waals surface area contributed by atoms with Crippen LogP contribution in [0.3, 0.4) is 0 Å². The Morgan fingerprint density at radius 3 is 2.42 bits per heavy atom. The Labute approximate surface area is 105 Å². The lowest BCUT2D eigenvalue weighted by atomic mass is 10.1. The maximum Gasteiger partial charge on any atom is 0.471 e. The molecular formula is C9H10F3N3O4. The first-order chi connectivity index (χ1) is 8.72. The molecule has 0 aliphatic rings. The van der Waals surface area contributed by atoms with Crippen LogP contribution in [0.4, 0.5) is 13.2 Å². The van der Waals surface area contributed by atoms with Crippen LogP contribution in [0, 0.1) is 0 Å². The molecule has 10 heteroatoms. The molecule has 1 atom stereocenters. The van der Waals surface area contributed by atoms with E-state index in [0.717, 1.165) is 7.11 Å². The Kier molecular flexibility index (Phi) is 6.42. The second-order valence-electron chi connectivity index (χ2n) is 3.30. The van der Waals surface area contributed by atoms with Crippen molar-refractivity contribution in [3.63, 3.8) is 0 Å². The number of hydrogen-bond donors (Lipinski definition) is 1. The number of carbonyl (C=O) groups is 3. The van der Waals surface area contributed by atoms with Gasteiger partial charge in [0, 0.05) is 6.42 Å². The predicted octanol–water partition coefficient (Wildman–Crippen LogP) is -0.144. The summed E-state index contributed by atoms with van der Waals surface area (Å²) in [6, 6.07) is -1.62. The maximum absolute atomic E-state index is 12.0. The van der Waals surface area contributed by atoms with Crippen molar-refractivity contribution in [2.24, 2.45) is 0 Å². The summed E-state index contributed by atoms with van der Waals surface area (Å²) in [5.41, 5.74) is 8.05. The molecule has 0 aliphatic heterocycles. The number of carbonyl (C=O) groups excluding carboxylic acids is 3. The number of Topliss-reactive ketones (excluding diaryl/α,β-unsaturated/α-hetero) is 1. The van der Waals surface area contributed by atoms with Crippen LogP contribution in [0.15, 0.2) is 0 Å². The van der Waals surface area contributed by atoms with Gasteiger partial charge in [-0.25, -0.2) is 4.79 Å². The molecule has 0 unspecified atom stereocenters. The SMILES string of the molecule is COC(=O)[C@H](CCC(=O)C=[N+]=[N-])NC(=O)C(F)(F)F. The zero-order valence-corrected chi connectivity index (χ0v) is 9.73. The van der Waals surface area contributed by atoms with Gasteiger partial charge in [0.25, 0.3) is 0 Å². The molecule has 1 N–H and O–H groups in total. The van der Waals surface area contributed by atoms with Crippen molar-refractivity contribution in [3.8, 4) is 0 Å². The molecular weight excluding hydrogens is 271 g/mol. The summed E-state index contributed by atoms with van der Waals surface area (Å²) in [7, 11) is 0.923. The van der Waals surface area contributed by atoms with Crippen LogP contribution in [0.25, 0.3) is 5.53 Å². The van der Waals surface area contributed by atoms with Gasteiger partial charge >= 0.3 is 24.3 Å². The minimum Gasteiger partial charge on any atom is -0.467 e. The number of esters is 1. The van der Waals surface area contributed by atoms with Gasteiger partial charge in [-0.05, 0) is 6.42 Å². The molecule has 0 heterocycles. The number of rotatable bonds is 6. The van der Waals surface area contributed by atoms with Crippen LogP contribution < -0.4 is 5.32 Å². The molecule has 0 rings (SSSR count).